The summed E-state index contributed by atoms with van der Waals surface area (Å²) in [6.07, 6.45) is 2.69. The highest BCUT2D eigenvalue weighted by Crippen LogP contribution is 2.31. The number of ether oxygens (including phenoxy) is 3. The number of esters is 1. The van der Waals surface area contributed by atoms with Gasteiger partial charge in [0.2, 0.25) is 5.91 Å². The van der Waals surface area contributed by atoms with Gasteiger partial charge in [0, 0.05) is 22.9 Å². The Bertz CT molecular complexity index is 890. The zero-order valence-corrected chi connectivity index (χ0v) is 15.4. The molecule has 8 heteroatoms. The molecule has 2 rings (SSSR count). The molecule has 2 amide bonds. The molecule has 0 spiro atoms. The number of benzene rings is 2. The summed E-state index contributed by atoms with van der Waals surface area (Å²) in [7, 11) is 3.01. The average molecular weight is 384 g/mol. The second-order valence-corrected chi connectivity index (χ2v) is 5.51. The number of primary amides is 1. The zero-order chi connectivity index (χ0) is 20.5. The molecule has 0 saturated carbocycles. The van der Waals surface area contributed by atoms with Gasteiger partial charge in [-0.25, -0.2) is 4.79 Å². The number of para-hydroxylation sites is 1. The summed E-state index contributed by atoms with van der Waals surface area (Å²) in [5, 5.41) is 2.54. The molecular formula is C20H20N2O6. The van der Waals surface area contributed by atoms with Crippen molar-refractivity contribution in [3.63, 3.8) is 0 Å². The molecule has 0 atom stereocenters. The number of hydrogen-bond acceptors (Lipinski definition) is 6. The molecule has 0 radical (unpaired) electrons. The zero-order valence-electron chi connectivity index (χ0n) is 15.4. The number of hydrogen-bond donors (Lipinski definition) is 2. The van der Waals surface area contributed by atoms with E-state index in [1.165, 1.54) is 50.6 Å². The first kappa shape index (κ1) is 20.5. The van der Waals surface area contributed by atoms with Crippen molar-refractivity contribution in [2.24, 2.45) is 5.73 Å². The van der Waals surface area contributed by atoms with Gasteiger partial charge in [0.15, 0.2) is 18.1 Å². The lowest BCUT2D eigenvalue weighted by Crippen LogP contribution is -2.20. The van der Waals surface area contributed by atoms with Crippen LogP contribution in [0.2, 0.25) is 0 Å². The Labute approximate surface area is 161 Å². The lowest BCUT2D eigenvalue weighted by Gasteiger charge is -2.09. The van der Waals surface area contributed by atoms with Gasteiger partial charge in [-0.15, -0.1) is 0 Å². The van der Waals surface area contributed by atoms with Gasteiger partial charge in [0.25, 0.3) is 5.91 Å². The molecule has 0 aliphatic rings. The van der Waals surface area contributed by atoms with E-state index in [9.17, 15) is 14.4 Å². The predicted molar refractivity (Wildman–Crippen MR) is 103 cm³/mol. The van der Waals surface area contributed by atoms with E-state index in [0.29, 0.717) is 28.3 Å². The maximum absolute atomic E-state index is 11.9. The molecule has 28 heavy (non-hydrogen) atoms. The van der Waals surface area contributed by atoms with Gasteiger partial charge >= 0.3 is 5.97 Å². The van der Waals surface area contributed by atoms with Crippen molar-refractivity contribution in [2.45, 2.75) is 0 Å². The van der Waals surface area contributed by atoms with E-state index in [0.717, 1.165) is 0 Å². The highest BCUT2D eigenvalue weighted by molar-refractivity contribution is 5.96. The summed E-state index contributed by atoms with van der Waals surface area (Å²) in [6, 6.07) is 11.2. The van der Waals surface area contributed by atoms with Crippen LogP contribution in [0.15, 0.2) is 48.5 Å². The van der Waals surface area contributed by atoms with E-state index in [-0.39, 0.29) is 0 Å². The Morgan fingerprint density at radius 1 is 1.04 bits per heavy atom. The van der Waals surface area contributed by atoms with Crippen LogP contribution < -0.4 is 20.5 Å². The lowest BCUT2D eigenvalue weighted by molar-refractivity contribution is -0.142. The summed E-state index contributed by atoms with van der Waals surface area (Å²) in [4.78, 5) is 34.7. The normalized spacial score (nSPS) is 10.4. The van der Waals surface area contributed by atoms with Crippen molar-refractivity contribution in [2.75, 3.05) is 26.1 Å². The molecule has 146 valence electrons. The fourth-order valence-corrected chi connectivity index (χ4v) is 2.30. The van der Waals surface area contributed by atoms with Gasteiger partial charge in [0.05, 0.1) is 14.2 Å². The number of nitrogens with two attached hydrogens (primary N) is 1. The van der Waals surface area contributed by atoms with Crippen LogP contribution in [0, 0.1) is 0 Å². The Hall–Kier alpha value is -3.81. The van der Waals surface area contributed by atoms with Gasteiger partial charge in [-0.05, 0) is 36.4 Å². The molecule has 8 nitrogen and oxygen atoms in total. The molecule has 0 aliphatic carbocycles. The molecule has 0 aromatic heterocycles. The van der Waals surface area contributed by atoms with E-state index in [1.807, 2.05) is 0 Å². The summed E-state index contributed by atoms with van der Waals surface area (Å²) in [6.45, 7) is -0.462. The number of amides is 2. The van der Waals surface area contributed by atoms with Crippen LogP contribution in [0.1, 0.15) is 15.9 Å². The minimum absolute atomic E-state index is 0.322. The summed E-state index contributed by atoms with van der Waals surface area (Å²) < 4.78 is 15.4. The van der Waals surface area contributed by atoms with Crippen LogP contribution in [0.4, 0.5) is 5.69 Å². The third-order valence-electron chi connectivity index (χ3n) is 3.63. The average Bonchev–Trinajstić information content (AvgIpc) is 2.70. The minimum atomic E-state index is -0.691. The SMILES string of the molecule is COc1cccc(/C=C/C(=O)OCC(=O)Nc2ccc(C(N)=O)cc2)c1OC. The van der Waals surface area contributed by atoms with Crippen molar-refractivity contribution in [3.8, 4) is 11.5 Å². The van der Waals surface area contributed by atoms with Crippen molar-refractivity contribution >= 4 is 29.5 Å². The van der Waals surface area contributed by atoms with Crippen LogP contribution in [-0.4, -0.2) is 38.6 Å². The van der Waals surface area contributed by atoms with E-state index in [4.69, 9.17) is 19.9 Å². The first-order chi connectivity index (χ1) is 13.4. The van der Waals surface area contributed by atoms with E-state index in [2.05, 4.69) is 5.32 Å². The molecule has 0 bridgehead atoms. The minimum Gasteiger partial charge on any atom is -0.493 e. The molecule has 0 unspecified atom stereocenters. The number of anilines is 1. The molecule has 2 aromatic carbocycles. The van der Waals surface area contributed by atoms with Crippen molar-refractivity contribution in [3.05, 3.63) is 59.7 Å². The van der Waals surface area contributed by atoms with E-state index >= 15 is 0 Å². The smallest absolute Gasteiger partial charge is 0.331 e. The molecule has 0 heterocycles. The highest BCUT2D eigenvalue weighted by atomic mass is 16.5. The standard InChI is InChI=1S/C20H20N2O6/c1-26-16-5-3-4-13(19(16)27-2)8-11-18(24)28-12-17(23)22-15-9-6-14(7-10-15)20(21)25/h3-11H,12H2,1-2H3,(H2,21,25)(H,22,23)/b11-8+. The van der Waals surface area contributed by atoms with Gasteiger partial charge in [-0.2, -0.15) is 0 Å². The molecule has 3 N–H and O–H groups in total. The Balaban J connectivity index is 1.89. The van der Waals surface area contributed by atoms with Gasteiger partial charge in [0.1, 0.15) is 0 Å². The van der Waals surface area contributed by atoms with Crippen molar-refractivity contribution < 1.29 is 28.6 Å². The number of carbonyl (C=O) groups is 3. The van der Waals surface area contributed by atoms with Crippen molar-refractivity contribution in [1.82, 2.24) is 0 Å². The van der Waals surface area contributed by atoms with Crippen LogP contribution in [-0.2, 0) is 14.3 Å². The second-order valence-electron chi connectivity index (χ2n) is 5.51. The first-order valence-corrected chi connectivity index (χ1v) is 8.20. The highest BCUT2D eigenvalue weighted by Gasteiger charge is 2.09. The summed E-state index contributed by atoms with van der Waals surface area (Å²) in [5.41, 5.74) is 6.54. The van der Waals surface area contributed by atoms with Gasteiger partial charge in [-0.1, -0.05) is 12.1 Å². The summed E-state index contributed by atoms with van der Waals surface area (Å²) >= 11 is 0. The fraction of sp³-hybridized carbons (Fsp3) is 0.150. The largest absolute Gasteiger partial charge is 0.493 e. The Kier molecular flexibility index (Phi) is 7.15. The number of carbonyl (C=O) groups excluding carboxylic acids is 3. The Morgan fingerprint density at radius 3 is 2.36 bits per heavy atom. The maximum Gasteiger partial charge on any atom is 0.331 e. The molecule has 0 aliphatic heterocycles. The monoisotopic (exact) mass is 384 g/mol. The summed E-state index contributed by atoms with van der Waals surface area (Å²) in [5.74, 6) is -0.770. The predicted octanol–water partition coefficient (Wildman–Crippen LogP) is 2.00. The van der Waals surface area contributed by atoms with Crippen LogP contribution in [0.25, 0.3) is 6.08 Å². The molecule has 0 saturated heterocycles. The lowest BCUT2D eigenvalue weighted by atomic mass is 10.1. The molecule has 2 aromatic rings. The molecular weight excluding hydrogens is 364 g/mol. The fourth-order valence-electron chi connectivity index (χ4n) is 2.30. The Morgan fingerprint density at radius 2 is 1.75 bits per heavy atom. The first-order valence-electron chi connectivity index (χ1n) is 8.20. The third kappa shape index (κ3) is 5.60. The van der Waals surface area contributed by atoms with Crippen LogP contribution in [0.5, 0.6) is 11.5 Å². The van der Waals surface area contributed by atoms with Gasteiger partial charge < -0.3 is 25.3 Å². The van der Waals surface area contributed by atoms with Gasteiger partial charge in [-0.3, -0.25) is 9.59 Å². The third-order valence-corrected chi connectivity index (χ3v) is 3.63. The van der Waals surface area contributed by atoms with Crippen LogP contribution >= 0.6 is 0 Å². The van der Waals surface area contributed by atoms with E-state index < -0.39 is 24.4 Å². The maximum atomic E-state index is 11.9. The number of rotatable bonds is 8. The second kappa shape index (κ2) is 9.77. The topological polar surface area (TPSA) is 117 Å². The number of nitrogens with one attached hydrogen (secondary N) is 1. The molecule has 0 fully saturated rings. The van der Waals surface area contributed by atoms with Crippen LogP contribution in [0.3, 0.4) is 0 Å². The van der Waals surface area contributed by atoms with E-state index in [1.54, 1.807) is 18.2 Å². The number of methoxy groups -OCH3 is 2. The van der Waals surface area contributed by atoms with Crippen molar-refractivity contribution in [1.29, 1.82) is 0 Å². The quantitative estimate of drug-likeness (QED) is 0.531.